The van der Waals surface area contributed by atoms with E-state index in [1.165, 1.54) is 11.1 Å². The van der Waals surface area contributed by atoms with Crippen molar-refractivity contribution in [1.29, 1.82) is 5.26 Å². The van der Waals surface area contributed by atoms with Crippen LogP contribution < -0.4 is 5.32 Å². The highest BCUT2D eigenvalue weighted by Crippen LogP contribution is 2.18. The number of carboxylic acid groups (broad SMARTS) is 1. The van der Waals surface area contributed by atoms with Crippen LogP contribution in [0.15, 0.2) is 34.6 Å². The molecule has 0 spiro atoms. The molecule has 1 aromatic heterocycles. The van der Waals surface area contributed by atoms with Gasteiger partial charge in [-0.3, -0.25) is 9.59 Å². The summed E-state index contributed by atoms with van der Waals surface area (Å²) >= 11 is 0. The van der Waals surface area contributed by atoms with Crippen molar-refractivity contribution in [3.8, 4) is 6.07 Å². The Kier molecular flexibility index (Phi) is 5.20. The molecular formula is C15H17N3O4. The molecule has 22 heavy (non-hydrogen) atoms. The maximum absolute atomic E-state index is 12.2. The number of likely N-dealkylation sites (tertiary alicyclic amines) is 1. The molecule has 0 unspecified atom stereocenters. The number of hydrogen-bond acceptors (Lipinski definition) is 5. The second-order valence-electron chi connectivity index (χ2n) is 5.03. The number of carbonyl (C=O) groups is 2. The van der Waals surface area contributed by atoms with Crippen molar-refractivity contribution in [2.45, 2.75) is 19.4 Å². The predicted molar refractivity (Wildman–Crippen MR) is 76.2 cm³/mol. The summed E-state index contributed by atoms with van der Waals surface area (Å²) in [6.07, 6.45) is 3.75. The van der Waals surface area contributed by atoms with Crippen molar-refractivity contribution >= 4 is 11.9 Å². The minimum atomic E-state index is -0.830. The first-order valence-corrected chi connectivity index (χ1v) is 7.00. The molecule has 2 heterocycles. The number of nitriles is 1. The molecule has 1 aromatic rings. The molecule has 7 nitrogen and oxygen atoms in total. The molecule has 0 aliphatic carbocycles. The molecule has 0 saturated carbocycles. The third-order valence-corrected chi connectivity index (χ3v) is 3.59. The Morgan fingerprint density at radius 2 is 2.23 bits per heavy atom. The number of nitrogens with zero attached hydrogens (tertiary/aromatic N) is 2. The van der Waals surface area contributed by atoms with Gasteiger partial charge in [-0.05, 0) is 25.0 Å². The highest BCUT2D eigenvalue weighted by Gasteiger charge is 2.28. The van der Waals surface area contributed by atoms with E-state index < -0.39 is 11.9 Å². The number of carbonyl (C=O) groups excluding carboxylic acids is 1. The van der Waals surface area contributed by atoms with Gasteiger partial charge in [0.05, 0.1) is 18.7 Å². The van der Waals surface area contributed by atoms with Gasteiger partial charge in [-0.2, -0.15) is 5.26 Å². The smallest absolute Gasteiger partial charge is 0.306 e. The van der Waals surface area contributed by atoms with Crippen molar-refractivity contribution in [3.63, 3.8) is 0 Å². The average molecular weight is 303 g/mol. The van der Waals surface area contributed by atoms with Gasteiger partial charge in [0, 0.05) is 19.3 Å². The van der Waals surface area contributed by atoms with Crippen LogP contribution in [0.4, 0.5) is 0 Å². The molecule has 1 aliphatic heterocycles. The van der Waals surface area contributed by atoms with Crippen LogP contribution in [-0.2, 0) is 16.1 Å². The SMILES string of the molecule is N#C/C(=C/NCc1ccco1)C(=O)N1CCC(C(=O)O)CC1. The summed E-state index contributed by atoms with van der Waals surface area (Å²) in [6, 6.07) is 5.41. The van der Waals surface area contributed by atoms with Crippen molar-refractivity contribution in [2.24, 2.45) is 5.92 Å². The molecule has 2 rings (SSSR count). The third-order valence-electron chi connectivity index (χ3n) is 3.59. The monoisotopic (exact) mass is 303 g/mol. The minimum absolute atomic E-state index is 0.000307. The second-order valence-corrected chi connectivity index (χ2v) is 5.03. The first kappa shape index (κ1) is 15.6. The zero-order chi connectivity index (χ0) is 15.9. The molecule has 0 aromatic carbocycles. The van der Waals surface area contributed by atoms with Gasteiger partial charge in [-0.25, -0.2) is 0 Å². The van der Waals surface area contributed by atoms with Gasteiger partial charge in [-0.15, -0.1) is 0 Å². The van der Waals surface area contributed by atoms with Crippen molar-refractivity contribution in [1.82, 2.24) is 10.2 Å². The summed E-state index contributed by atoms with van der Waals surface area (Å²) in [5.74, 6) is -0.916. The van der Waals surface area contributed by atoms with Crippen LogP contribution >= 0.6 is 0 Å². The zero-order valence-electron chi connectivity index (χ0n) is 12.0. The van der Waals surface area contributed by atoms with E-state index in [1.54, 1.807) is 18.4 Å². The fraction of sp³-hybridized carbons (Fsp3) is 0.400. The fourth-order valence-corrected chi connectivity index (χ4v) is 2.31. The Hall–Kier alpha value is -2.75. The van der Waals surface area contributed by atoms with Crippen LogP contribution in [-0.4, -0.2) is 35.0 Å². The number of rotatable bonds is 5. The topological polar surface area (TPSA) is 107 Å². The van der Waals surface area contributed by atoms with E-state index in [-0.39, 0.29) is 11.5 Å². The summed E-state index contributed by atoms with van der Waals surface area (Å²) in [5, 5.41) is 20.9. The number of amides is 1. The van der Waals surface area contributed by atoms with Crippen molar-refractivity contribution in [3.05, 3.63) is 35.9 Å². The summed E-state index contributed by atoms with van der Waals surface area (Å²) in [5.41, 5.74) is 0.000307. The summed E-state index contributed by atoms with van der Waals surface area (Å²) in [7, 11) is 0. The van der Waals surface area contributed by atoms with Gasteiger partial charge in [0.25, 0.3) is 5.91 Å². The van der Waals surface area contributed by atoms with Crippen molar-refractivity contribution < 1.29 is 19.1 Å². The van der Waals surface area contributed by atoms with E-state index in [2.05, 4.69) is 5.32 Å². The molecule has 1 saturated heterocycles. The number of carboxylic acids is 1. The van der Waals surface area contributed by atoms with Crippen LogP contribution in [0.25, 0.3) is 0 Å². The number of furan rings is 1. The minimum Gasteiger partial charge on any atom is -0.481 e. The first-order valence-electron chi connectivity index (χ1n) is 7.00. The third kappa shape index (κ3) is 3.88. The first-order chi connectivity index (χ1) is 10.6. The summed E-state index contributed by atoms with van der Waals surface area (Å²) < 4.78 is 5.13. The Labute approximate surface area is 127 Å². The second kappa shape index (κ2) is 7.31. The van der Waals surface area contributed by atoms with Gasteiger partial charge < -0.3 is 19.7 Å². The predicted octanol–water partition coefficient (Wildman–Crippen LogP) is 1.10. The van der Waals surface area contributed by atoms with Crippen LogP contribution in [0.5, 0.6) is 0 Å². The molecule has 1 amide bonds. The highest BCUT2D eigenvalue weighted by atomic mass is 16.4. The lowest BCUT2D eigenvalue weighted by Crippen LogP contribution is -2.41. The number of nitrogens with one attached hydrogen (secondary N) is 1. The fourth-order valence-electron chi connectivity index (χ4n) is 2.31. The van der Waals surface area contributed by atoms with Gasteiger partial charge in [0.2, 0.25) is 0 Å². The van der Waals surface area contributed by atoms with Gasteiger partial charge in [0.1, 0.15) is 17.4 Å². The number of aliphatic carboxylic acids is 1. The molecule has 0 atom stereocenters. The van der Waals surface area contributed by atoms with E-state index in [1.807, 2.05) is 6.07 Å². The Morgan fingerprint density at radius 1 is 1.50 bits per heavy atom. The quantitative estimate of drug-likeness (QED) is 0.623. The van der Waals surface area contributed by atoms with Crippen molar-refractivity contribution in [2.75, 3.05) is 13.1 Å². The van der Waals surface area contributed by atoms with Crippen LogP contribution in [0, 0.1) is 17.2 Å². The molecule has 1 fully saturated rings. The Morgan fingerprint density at radius 3 is 2.77 bits per heavy atom. The summed E-state index contributed by atoms with van der Waals surface area (Å²) in [6.45, 7) is 1.09. The Balaban J connectivity index is 1.89. The largest absolute Gasteiger partial charge is 0.481 e. The van der Waals surface area contributed by atoms with Gasteiger partial charge in [0.15, 0.2) is 0 Å². The molecular weight excluding hydrogens is 286 g/mol. The van der Waals surface area contributed by atoms with Crippen LogP contribution in [0.1, 0.15) is 18.6 Å². The number of piperidine rings is 1. The number of hydrogen-bond donors (Lipinski definition) is 2. The van der Waals surface area contributed by atoms with Gasteiger partial charge in [-0.1, -0.05) is 0 Å². The standard InChI is InChI=1S/C15H17N3O4/c16-8-12(9-17-10-13-2-1-7-22-13)14(19)18-5-3-11(4-6-18)15(20)21/h1-2,7,9,11,17H,3-6,10H2,(H,20,21)/b12-9-. The lowest BCUT2D eigenvalue weighted by Gasteiger charge is -2.29. The van der Waals surface area contributed by atoms with E-state index >= 15 is 0 Å². The maximum atomic E-state index is 12.2. The zero-order valence-corrected chi connectivity index (χ0v) is 12.0. The molecule has 116 valence electrons. The lowest BCUT2D eigenvalue weighted by molar-refractivity contribution is -0.145. The van der Waals surface area contributed by atoms with E-state index in [9.17, 15) is 9.59 Å². The van der Waals surface area contributed by atoms with Crippen LogP contribution in [0.2, 0.25) is 0 Å². The maximum Gasteiger partial charge on any atom is 0.306 e. The molecule has 7 heteroatoms. The van der Waals surface area contributed by atoms with Gasteiger partial charge >= 0.3 is 5.97 Å². The van der Waals surface area contributed by atoms with Crippen LogP contribution in [0.3, 0.4) is 0 Å². The van der Waals surface area contributed by atoms with E-state index in [0.717, 1.165) is 0 Å². The lowest BCUT2D eigenvalue weighted by atomic mass is 9.97. The molecule has 0 radical (unpaired) electrons. The Bertz CT molecular complexity index is 593. The molecule has 0 bridgehead atoms. The highest BCUT2D eigenvalue weighted by molar-refractivity contribution is 5.97. The van der Waals surface area contributed by atoms with E-state index in [0.29, 0.717) is 38.2 Å². The molecule has 1 aliphatic rings. The van der Waals surface area contributed by atoms with E-state index in [4.69, 9.17) is 14.8 Å². The average Bonchev–Trinajstić information content (AvgIpc) is 3.04. The summed E-state index contributed by atoms with van der Waals surface area (Å²) in [4.78, 5) is 24.6. The normalized spacial score (nSPS) is 16.1. The molecule has 2 N–H and O–H groups in total.